The number of hydrogen-bond acceptors (Lipinski definition) is 7. The van der Waals surface area contributed by atoms with Gasteiger partial charge in [-0.25, -0.2) is 14.3 Å². The molecule has 0 spiro atoms. The van der Waals surface area contributed by atoms with E-state index in [4.69, 9.17) is 14.2 Å². The fourth-order valence-corrected chi connectivity index (χ4v) is 5.48. The summed E-state index contributed by atoms with van der Waals surface area (Å²) < 4.78 is 58.7. The third-order valence-electron chi connectivity index (χ3n) is 7.32. The Labute approximate surface area is 212 Å². The minimum absolute atomic E-state index is 0.0143. The predicted octanol–water partition coefficient (Wildman–Crippen LogP) is 4.85. The molecule has 2 aliphatic heterocycles. The number of carbonyl (C=O) groups excluding carboxylic acids is 1. The number of carbonyl (C=O) groups is 1. The Bertz CT molecular complexity index is 1290. The SMILES string of the molecule is COc1ccc(-c2cc(C(F)(F)F)n3ncc(C(=O)OC[C@H]4CCCN5CCCC[C@@H]45)c3n2)cc1OC. The van der Waals surface area contributed by atoms with E-state index in [-0.39, 0.29) is 29.4 Å². The number of hydrogen-bond donors (Lipinski definition) is 0. The zero-order valence-electron chi connectivity index (χ0n) is 20.8. The van der Waals surface area contributed by atoms with Gasteiger partial charge in [-0.2, -0.15) is 18.3 Å². The van der Waals surface area contributed by atoms with Gasteiger partial charge in [-0.05, 0) is 63.0 Å². The molecule has 2 aromatic heterocycles. The largest absolute Gasteiger partial charge is 0.493 e. The van der Waals surface area contributed by atoms with Crippen LogP contribution in [0.25, 0.3) is 16.9 Å². The summed E-state index contributed by atoms with van der Waals surface area (Å²) >= 11 is 0. The Morgan fingerprint density at radius 3 is 2.59 bits per heavy atom. The Balaban J connectivity index is 1.47. The van der Waals surface area contributed by atoms with Crippen molar-refractivity contribution in [3.05, 3.63) is 41.7 Å². The molecule has 2 fully saturated rings. The molecule has 2 atom stereocenters. The lowest BCUT2D eigenvalue weighted by molar-refractivity contribution is -0.142. The number of aromatic nitrogens is 3. The molecule has 37 heavy (non-hydrogen) atoms. The van der Waals surface area contributed by atoms with E-state index < -0.39 is 17.8 Å². The molecule has 2 saturated heterocycles. The van der Waals surface area contributed by atoms with E-state index in [1.165, 1.54) is 26.7 Å². The van der Waals surface area contributed by atoms with Crippen molar-refractivity contribution < 1.29 is 32.2 Å². The average Bonchev–Trinajstić information content (AvgIpc) is 3.34. The fraction of sp³-hybridized carbons (Fsp3) is 0.500. The van der Waals surface area contributed by atoms with Crippen molar-refractivity contribution in [1.82, 2.24) is 19.5 Å². The second-order valence-electron chi connectivity index (χ2n) is 9.49. The Morgan fingerprint density at radius 2 is 1.84 bits per heavy atom. The maximum atomic E-state index is 14.0. The quantitative estimate of drug-likeness (QED) is 0.432. The minimum Gasteiger partial charge on any atom is -0.493 e. The molecule has 0 bridgehead atoms. The maximum absolute atomic E-state index is 14.0. The van der Waals surface area contributed by atoms with Crippen LogP contribution in [0.1, 0.15) is 48.2 Å². The molecule has 0 N–H and O–H groups in total. The number of halogens is 3. The summed E-state index contributed by atoms with van der Waals surface area (Å²) in [6.07, 6.45) is 1.77. The smallest absolute Gasteiger partial charge is 0.433 e. The molecule has 4 heterocycles. The van der Waals surface area contributed by atoms with Crippen LogP contribution in [-0.4, -0.2) is 65.4 Å². The highest BCUT2D eigenvalue weighted by Crippen LogP contribution is 2.36. The van der Waals surface area contributed by atoms with Gasteiger partial charge in [-0.15, -0.1) is 0 Å². The number of methoxy groups -OCH3 is 2. The van der Waals surface area contributed by atoms with Crippen LogP contribution in [0.3, 0.4) is 0 Å². The van der Waals surface area contributed by atoms with Gasteiger partial charge in [0.15, 0.2) is 22.8 Å². The lowest BCUT2D eigenvalue weighted by Crippen LogP contribution is -2.49. The van der Waals surface area contributed by atoms with Crippen LogP contribution in [0.4, 0.5) is 13.2 Å². The number of fused-ring (bicyclic) bond motifs is 2. The van der Waals surface area contributed by atoms with Crippen LogP contribution in [0.5, 0.6) is 11.5 Å². The number of rotatable bonds is 6. The first kappa shape index (κ1) is 25.3. The zero-order chi connectivity index (χ0) is 26.2. The number of piperidine rings is 2. The fourth-order valence-electron chi connectivity index (χ4n) is 5.48. The molecule has 11 heteroatoms. The normalized spacial score (nSPS) is 20.5. The van der Waals surface area contributed by atoms with E-state index in [9.17, 15) is 18.0 Å². The molecule has 0 aliphatic carbocycles. The van der Waals surface area contributed by atoms with Crippen molar-refractivity contribution >= 4 is 11.6 Å². The molecule has 0 radical (unpaired) electrons. The van der Waals surface area contributed by atoms with Gasteiger partial charge in [-0.1, -0.05) is 6.42 Å². The van der Waals surface area contributed by atoms with Crippen molar-refractivity contribution in [1.29, 1.82) is 0 Å². The van der Waals surface area contributed by atoms with Gasteiger partial charge in [0.05, 0.1) is 32.7 Å². The standard InChI is InChI=1S/C26H29F3N4O4/c1-35-21-9-8-16(12-22(21)36-2)19-13-23(26(27,28)29)33-24(31-19)18(14-30-33)25(34)37-15-17-6-5-11-32-10-4-3-7-20(17)32/h8-9,12-14,17,20H,3-7,10-11,15H2,1-2H3/t17-,20+/m1/s1. The van der Waals surface area contributed by atoms with Gasteiger partial charge >= 0.3 is 12.1 Å². The first-order valence-corrected chi connectivity index (χ1v) is 12.4. The number of benzene rings is 1. The molecular formula is C26H29F3N4O4. The van der Waals surface area contributed by atoms with E-state index in [1.807, 2.05) is 0 Å². The van der Waals surface area contributed by atoms with Gasteiger partial charge in [0, 0.05) is 17.5 Å². The Hall–Kier alpha value is -3.34. The van der Waals surface area contributed by atoms with Crippen molar-refractivity contribution in [3.63, 3.8) is 0 Å². The molecule has 8 nitrogen and oxygen atoms in total. The van der Waals surface area contributed by atoms with E-state index in [0.717, 1.165) is 51.0 Å². The Morgan fingerprint density at radius 1 is 1.05 bits per heavy atom. The maximum Gasteiger partial charge on any atom is 0.433 e. The molecular weight excluding hydrogens is 489 g/mol. The summed E-state index contributed by atoms with van der Waals surface area (Å²) in [5, 5.41) is 3.84. The number of nitrogens with zero attached hydrogens (tertiary/aromatic N) is 4. The highest BCUT2D eigenvalue weighted by Gasteiger charge is 2.37. The average molecular weight is 519 g/mol. The summed E-state index contributed by atoms with van der Waals surface area (Å²) in [6, 6.07) is 5.97. The molecule has 0 saturated carbocycles. The van der Waals surface area contributed by atoms with E-state index in [2.05, 4.69) is 15.0 Å². The summed E-state index contributed by atoms with van der Waals surface area (Å²) in [5.41, 5.74) is -0.991. The second-order valence-corrected chi connectivity index (χ2v) is 9.49. The predicted molar refractivity (Wildman–Crippen MR) is 129 cm³/mol. The van der Waals surface area contributed by atoms with Crippen LogP contribution >= 0.6 is 0 Å². The first-order chi connectivity index (χ1) is 17.8. The highest BCUT2D eigenvalue weighted by molar-refractivity contribution is 5.96. The lowest BCUT2D eigenvalue weighted by atomic mass is 9.84. The molecule has 3 aromatic rings. The molecule has 0 amide bonds. The summed E-state index contributed by atoms with van der Waals surface area (Å²) in [5.74, 6) is 0.248. The molecule has 2 aliphatic rings. The highest BCUT2D eigenvalue weighted by atomic mass is 19.4. The summed E-state index contributed by atoms with van der Waals surface area (Å²) in [6.45, 7) is 2.34. The molecule has 198 valence electrons. The summed E-state index contributed by atoms with van der Waals surface area (Å²) in [7, 11) is 2.90. The van der Waals surface area contributed by atoms with Crippen LogP contribution in [0, 0.1) is 5.92 Å². The zero-order valence-corrected chi connectivity index (χ0v) is 20.8. The van der Waals surface area contributed by atoms with Gasteiger partial charge in [0.25, 0.3) is 0 Å². The number of alkyl halides is 3. The van der Waals surface area contributed by atoms with Crippen molar-refractivity contribution in [2.75, 3.05) is 33.9 Å². The van der Waals surface area contributed by atoms with Gasteiger partial charge in [0.2, 0.25) is 0 Å². The molecule has 1 aromatic carbocycles. The molecule has 5 rings (SSSR count). The van der Waals surface area contributed by atoms with Crippen LogP contribution in [0.2, 0.25) is 0 Å². The van der Waals surface area contributed by atoms with E-state index in [0.29, 0.717) is 27.6 Å². The monoisotopic (exact) mass is 518 g/mol. The first-order valence-electron chi connectivity index (χ1n) is 12.4. The summed E-state index contributed by atoms with van der Waals surface area (Å²) in [4.78, 5) is 19.9. The lowest BCUT2D eigenvalue weighted by Gasteiger charge is -2.44. The van der Waals surface area contributed by atoms with E-state index >= 15 is 0 Å². The van der Waals surface area contributed by atoms with Crippen LogP contribution < -0.4 is 9.47 Å². The van der Waals surface area contributed by atoms with Crippen molar-refractivity contribution in [2.24, 2.45) is 5.92 Å². The third-order valence-corrected chi connectivity index (χ3v) is 7.32. The second kappa shape index (κ2) is 10.2. The van der Waals surface area contributed by atoms with Gasteiger partial charge in [-0.3, -0.25) is 4.90 Å². The van der Waals surface area contributed by atoms with Gasteiger partial charge in [0.1, 0.15) is 5.56 Å². The van der Waals surface area contributed by atoms with Crippen LogP contribution in [-0.2, 0) is 10.9 Å². The van der Waals surface area contributed by atoms with Crippen molar-refractivity contribution in [3.8, 4) is 22.8 Å². The minimum atomic E-state index is -4.73. The van der Waals surface area contributed by atoms with E-state index in [1.54, 1.807) is 12.1 Å². The third kappa shape index (κ3) is 4.96. The van der Waals surface area contributed by atoms with Crippen molar-refractivity contribution in [2.45, 2.75) is 44.3 Å². The van der Waals surface area contributed by atoms with Crippen LogP contribution in [0.15, 0.2) is 30.5 Å². The topological polar surface area (TPSA) is 78.2 Å². The Kier molecular flexibility index (Phi) is 6.98. The van der Waals surface area contributed by atoms with Gasteiger partial charge < -0.3 is 14.2 Å². The molecule has 0 unspecified atom stereocenters. The number of ether oxygens (including phenoxy) is 3. The number of esters is 1.